The Morgan fingerprint density at radius 2 is 1.96 bits per heavy atom. The molecule has 1 heterocycles. The molecule has 1 aromatic rings. The summed E-state index contributed by atoms with van der Waals surface area (Å²) >= 11 is 0. The Labute approximate surface area is 154 Å². The molecule has 1 atom stereocenters. The van der Waals surface area contributed by atoms with E-state index in [0.29, 0.717) is 32.4 Å². The summed E-state index contributed by atoms with van der Waals surface area (Å²) in [6.07, 6.45) is 0.379. The van der Waals surface area contributed by atoms with E-state index in [-0.39, 0.29) is 11.8 Å². The van der Waals surface area contributed by atoms with Gasteiger partial charge in [0.25, 0.3) is 0 Å². The number of alkyl carbamates (subject to hydrolysis) is 1. The Kier molecular flexibility index (Phi) is 4.97. The number of hydrogen-bond donors (Lipinski definition) is 2. The van der Waals surface area contributed by atoms with E-state index >= 15 is 0 Å². The Bertz CT molecular complexity index is 662. The second-order valence-corrected chi connectivity index (χ2v) is 8.51. The van der Waals surface area contributed by atoms with Gasteiger partial charge in [-0.05, 0) is 39.2 Å². The first-order valence-corrected chi connectivity index (χ1v) is 9.18. The largest absolute Gasteiger partial charge is 0.444 e. The Hall–Kier alpha value is -2.08. The second-order valence-electron chi connectivity index (χ2n) is 8.51. The molecule has 0 aromatic heterocycles. The highest BCUT2D eigenvalue weighted by Gasteiger charge is 2.54. The molecule has 2 fully saturated rings. The van der Waals surface area contributed by atoms with Crippen molar-refractivity contribution in [2.24, 2.45) is 5.92 Å². The maximum Gasteiger partial charge on any atom is 0.408 e. The van der Waals surface area contributed by atoms with E-state index in [1.165, 1.54) is 0 Å². The average Bonchev–Trinajstić information content (AvgIpc) is 2.86. The van der Waals surface area contributed by atoms with E-state index in [0.717, 1.165) is 5.56 Å². The standard InChI is InChI=1S/C20H28N2O4/c1-19(2,3)26-18(25)21-20(10-16(23)11-20)15-9-17(24)22(13-15)12-14-7-5-4-6-8-14/h4-8,15-16,23H,9-13H2,1-3H3,(H,21,25). The van der Waals surface area contributed by atoms with Gasteiger partial charge in [-0.1, -0.05) is 30.3 Å². The molecular formula is C20H28N2O4. The molecule has 0 bridgehead atoms. The molecule has 1 aromatic carbocycles. The van der Waals surface area contributed by atoms with Crippen molar-refractivity contribution in [3.8, 4) is 0 Å². The third-order valence-corrected chi connectivity index (χ3v) is 5.16. The lowest BCUT2D eigenvalue weighted by Gasteiger charge is -2.49. The lowest BCUT2D eigenvalue weighted by molar-refractivity contribution is -0.128. The summed E-state index contributed by atoms with van der Waals surface area (Å²) in [4.78, 5) is 26.6. The highest BCUT2D eigenvalue weighted by molar-refractivity contribution is 5.79. The highest BCUT2D eigenvalue weighted by atomic mass is 16.6. The zero-order valence-electron chi connectivity index (χ0n) is 15.7. The smallest absolute Gasteiger partial charge is 0.408 e. The minimum absolute atomic E-state index is 0.0189. The molecule has 142 valence electrons. The summed E-state index contributed by atoms with van der Waals surface area (Å²) in [6, 6.07) is 9.88. The minimum atomic E-state index is -0.585. The third-order valence-electron chi connectivity index (χ3n) is 5.16. The van der Waals surface area contributed by atoms with Gasteiger partial charge in [0, 0.05) is 25.4 Å². The number of carbonyl (C=O) groups is 2. The van der Waals surface area contributed by atoms with E-state index in [1.54, 1.807) is 0 Å². The number of aliphatic hydroxyl groups excluding tert-OH is 1. The van der Waals surface area contributed by atoms with Crippen molar-refractivity contribution in [3.63, 3.8) is 0 Å². The average molecular weight is 360 g/mol. The molecule has 1 saturated carbocycles. The van der Waals surface area contributed by atoms with Crippen molar-refractivity contribution in [2.45, 2.75) is 63.8 Å². The van der Waals surface area contributed by atoms with Gasteiger partial charge in [-0.15, -0.1) is 0 Å². The number of carbonyl (C=O) groups excluding carboxylic acids is 2. The molecule has 1 aliphatic heterocycles. The number of hydrogen-bond acceptors (Lipinski definition) is 4. The molecule has 1 aliphatic carbocycles. The predicted octanol–water partition coefficient (Wildman–Crippen LogP) is 2.45. The SMILES string of the molecule is CC(C)(C)OC(=O)NC1(C2CC(=O)N(Cc3ccccc3)C2)CC(O)C1. The number of aliphatic hydroxyl groups is 1. The molecule has 2 N–H and O–H groups in total. The van der Waals surface area contributed by atoms with Crippen LogP contribution in [0.3, 0.4) is 0 Å². The van der Waals surface area contributed by atoms with Crippen LogP contribution >= 0.6 is 0 Å². The quantitative estimate of drug-likeness (QED) is 0.864. The van der Waals surface area contributed by atoms with Crippen LogP contribution in [0.1, 0.15) is 45.6 Å². The van der Waals surface area contributed by atoms with Crippen molar-refractivity contribution in [1.82, 2.24) is 10.2 Å². The maximum absolute atomic E-state index is 12.5. The molecule has 0 radical (unpaired) electrons. The number of benzene rings is 1. The zero-order valence-corrected chi connectivity index (χ0v) is 15.7. The lowest BCUT2D eigenvalue weighted by Crippen LogP contribution is -2.64. The zero-order chi connectivity index (χ0) is 18.9. The van der Waals surface area contributed by atoms with Crippen LogP contribution in [0.4, 0.5) is 4.79 Å². The molecule has 2 aliphatic rings. The summed E-state index contributed by atoms with van der Waals surface area (Å²) in [6.45, 7) is 6.60. The summed E-state index contributed by atoms with van der Waals surface area (Å²) in [7, 11) is 0. The fourth-order valence-corrected chi connectivity index (χ4v) is 3.92. The fraction of sp³-hybridized carbons (Fsp3) is 0.600. The number of amides is 2. The van der Waals surface area contributed by atoms with E-state index in [4.69, 9.17) is 4.74 Å². The van der Waals surface area contributed by atoms with Crippen LogP contribution in [-0.4, -0.2) is 45.8 Å². The van der Waals surface area contributed by atoms with Crippen molar-refractivity contribution >= 4 is 12.0 Å². The molecule has 2 amide bonds. The van der Waals surface area contributed by atoms with Crippen LogP contribution in [0.5, 0.6) is 0 Å². The van der Waals surface area contributed by atoms with Gasteiger partial charge < -0.3 is 20.1 Å². The van der Waals surface area contributed by atoms with E-state index in [1.807, 2.05) is 56.0 Å². The maximum atomic E-state index is 12.5. The van der Waals surface area contributed by atoms with Gasteiger partial charge in [0.2, 0.25) is 5.91 Å². The molecule has 0 spiro atoms. The molecule has 6 heteroatoms. The van der Waals surface area contributed by atoms with Gasteiger partial charge in [-0.2, -0.15) is 0 Å². The van der Waals surface area contributed by atoms with Gasteiger partial charge in [0.1, 0.15) is 5.60 Å². The monoisotopic (exact) mass is 360 g/mol. The van der Waals surface area contributed by atoms with Crippen LogP contribution in [0.25, 0.3) is 0 Å². The van der Waals surface area contributed by atoms with Gasteiger partial charge in [-0.3, -0.25) is 4.79 Å². The summed E-state index contributed by atoms with van der Waals surface area (Å²) in [5.41, 5.74) is -0.0642. The fourth-order valence-electron chi connectivity index (χ4n) is 3.92. The molecule has 1 saturated heterocycles. The first-order valence-electron chi connectivity index (χ1n) is 9.18. The van der Waals surface area contributed by atoms with Crippen LogP contribution in [-0.2, 0) is 16.1 Å². The molecule has 26 heavy (non-hydrogen) atoms. The minimum Gasteiger partial charge on any atom is -0.444 e. The summed E-state index contributed by atoms with van der Waals surface area (Å²) in [5, 5.41) is 12.8. The number of nitrogens with one attached hydrogen (secondary N) is 1. The number of likely N-dealkylation sites (tertiary alicyclic amines) is 1. The normalized spacial score (nSPS) is 28.6. The first kappa shape index (κ1) is 18.7. The van der Waals surface area contributed by atoms with E-state index < -0.39 is 23.3 Å². The topological polar surface area (TPSA) is 78.9 Å². The van der Waals surface area contributed by atoms with Crippen molar-refractivity contribution in [3.05, 3.63) is 35.9 Å². The van der Waals surface area contributed by atoms with E-state index in [2.05, 4.69) is 5.32 Å². The van der Waals surface area contributed by atoms with Gasteiger partial charge in [0.15, 0.2) is 0 Å². The highest BCUT2D eigenvalue weighted by Crippen LogP contribution is 2.43. The van der Waals surface area contributed by atoms with Crippen molar-refractivity contribution < 1.29 is 19.4 Å². The summed E-state index contributed by atoms with van der Waals surface area (Å²) < 4.78 is 5.38. The second kappa shape index (κ2) is 6.91. The van der Waals surface area contributed by atoms with Gasteiger partial charge in [-0.25, -0.2) is 4.79 Å². The Morgan fingerprint density at radius 3 is 2.54 bits per heavy atom. The van der Waals surface area contributed by atoms with Gasteiger partial charge >= 0.3 is 6.09 Å². The Morgan fingerprint density at radius 1 is 1.31 bits per heavy atom. The molecule has 3 rings (SSSR count). The first-order chi connectivity index (χ1) is 12.2. The lowest BCUT2D eigenvalue weighted by atomic mass is 9.66. The van der Waals surface area contributed by atoms with Gasteiger partial charge in [0.05, 0.1) is 11.6 Å². The summed E-state index contributed by atoms with van der Waals surface area (Å²) in [5.74, 6) is 0.0697. The van der Waals surface area contributed by atoms with Crippen LogP contribution < -0.4 is 5.32 Å². The number of ether oxygens (including phenoxy) is 1. The molecular weight excluding hydrogens is 332 g/mol. The van der Waals surface area contributed by atoms with E-state index in [9.17, 15) is 14.7 Å². The number of nitrogens with zero attached hydrogens (tertiary/aromatic N) is 1. The third kappa shape index (κ3) is 4.18. The molecule has 1 unspecified atom stereocenters. The van der Waals surface area contributed by atoms with Crippen LogP contribution in [0.2, 0.25) is 0 Å². The Balaban J connectivity index is 1.67. The van der Waals surface area contributed by atoms with Crippen molar-refractivity contribution in [2.75, 3.05) is 6.54 Å². The molecule has 6 nitrogen and oxygen atoms in total. The van der Waals surface area contributed by atoms with Crippen LogP contribution in [0.15, 0.2) is 30.3 Å². The van der Waals surface area contributed by atoms with Crippen LogP contribution in [0, 0.1) is 5.92 Å². The predicted molar refractivity (Wildman–Crippen MR) is 97.3 cm³/mol. The van der Waals surface area contributed by atoms with Crippen molar-refractivity contribution in [1.29, 1.82) is 0 Å². The number of rotatable bonds is 4.